The van der Waals surface area contributed by atoms with Crippen molar-refractivity contribution in [2.75, 3.05) is 32.7 Å². The molecule has 0 aliphatic carbocycles. The molecule has 35 heavy (non-hydrogen) atoms. The van der Waals surface area contributed by atoms with Gasteiger partial charge in [0.1, 0.15) is 36.8 Å². The monoisotopic (exact) mass is 526 g/mol. The summed E-state index contributed by atoms with van der Waals surface area (Å²) < 4.78 is 26.9. The van der Waals surface area contributed by atoms with Crippen LogP contribution in [0.2, 0.25) is 0 Å². The van der Waals surface area contributed by atoms with Crippen molar-refractivity contribution in [2.45, 2.75) is 68.8 Å². The summed E-state index contributed by atoms with van der Waals surface area (Å²) >= 11 is 3.96. The van der Waals surface area contributed by atoms with Crippen molar-refractivity contribution in [1.29, 1.82) is 0 Å². The highest BCUT2D eigenvalue weighted by Gasteiger charge is 2.50. The molecule has 2 aliphatic rings. The van der Waals surface area contributed by atoms with E-state index in [1.165, 1.54) is 14.0 Å². The molecule has 6 unspecified atom stereocenters. The molecule has 0 spiro atoms. The molecule has 13 nitrogen and oxygen atoms in total. The molecule has 0 saturated carbocycles. The van der Waals surface area contributed by atoms with Gasteiger partial charge in [-0.3, -0.25) is 4.79 Å². The minimum Gasteiger partial charge on any atom is -0.479 e. The van der Waals surface area contributed by atoms with Crippen molar-refractivity contribution in [3.63, 3.8) is 0 Å². The fourth-order valence-corrected chi connectivity index (χ4v) is 4.43. The minimum absolute atomic E-state index is 0.0154. The molecule has 202 valence electrons. The fourth-order valence-electron chi connectivity index (χ4n) is 4.25. The van der Waals surface area contributed by atoms with Crippen LogP contribution in [-0.2, 0) is 38.1 Å². The molecule has 2 heterocycles. The summed E-state index contributed by atoms with van der Waals surface area (Å²) in [5.74, 6) is -3.46. The minimum atomic E-state index is -1.89. The van der Waals surface area contributed by atoms with Gasteiger partial charge in [-0.1, -0.05) is 0 Å². The van der Waals surface area contributed by atoms with E-state index in [1.807, 2.05) is 0 Å². The van der Waals surface area contributed by atoms with Gasteiger partial charge >= 0.3 is 11.9 Å². The van der Waals surface area contributed by atoms with E-state index in [-0.39, 0.29) is 44.2 Å². The number of thiol groups is 1. The van der Waals surface area contributed by atoms with Gasteiger partial charge in [-0.05, 0) is 6.92 Å². The van der Waals surface area contributed by atoms with E-state index in [0.717, 1.165) is 0 Å². The Labute approximate surface area is 207 Å². The smallest absolute Gasteiger partial charge is 0.335 e. The van der Waals surface area contributed by atoms with Gasteiger partial charge in [0.2, 0.25) is 0 Å². The highest BCUT2D eigenvalue weighted by Crippen LogP contribution is 2.35. The molecule has 10 atom stereocenters. The van der Waals surface area contributed by atoms with Crippen molar-refractivity contribution in [3.8, 4) is 0 Å². The number of carbonyl (C=O) groups is 3. The number of ether oxygens (including phenoxy) is 5. The quantitative estimate of drug-likeness (QED) is 0.118. The zero-order valence-electron chi connectivity index (χ0n) is 19.5. The first-order valence-electron chi connectivity index (χ1n) is 11.1. The number of rotatable bonds is 12. The molecule has 2 rings (SSSR count). The maximum atomic E-state index is 12.0. The van der Waals surface area contributed by atoms with E-state index in [2.05, 4.69) is 12.6 Å². The number of esters is 1. The number of carboxylic acid groups (broad SMARTS) is 1. The van der Waals surface area contributed by atoms with Gasteiger partial charge in [-0.2, -0.15) is 12.6 Å². The lowest BCUT2D eigenvalue weighted by Crippen LogP contribution is -2.61. The van der Waals surface area contributed by atoms with Crippen LogP contribution in [0.5, 0.6) is 0 Å². The number of ketones is 1. The van der Waals surface area contributed by atoms with Crippen LogP contribution in [0.25, 0.3) is 0 Å². The number of hydrogen-bond acceptors (Lipinski definition) is 13. The number of aliphatic hydroxyl groups is 4. The van der Waals surface area contributed by atoms with Crippen molar-refractivity contribution >= 4 is 30.4 Å². The molecule has 0 aromatic carbocycles. The Morgan fingerprint density at radius 1 is 0.886 bits per heavy atom. The van der Waals surface area contributed by atoms with Gasteiger partial charge in [-0.15, -0.1) is 0 Å². The Bertz CT molecular complexity index is 721. The molecular formula is C21H34O13S. The van der Waals surface area contributed by atoms with Crippen molar-refractivity contribution < 1.29 is 63.6 Å². The standard InChI is InChI=1S/C21H34O13S/c1-9(22)5-10-11(6-32-21-18(27)16(25)17(26)19(34-21)20(28)29)15(24)13(33-12(10)7-30-2)8-31-14(23)3-4-35/h10-13,15-19,21,24-27,35H,3-8H2,1-2H3,(H,28,29)/t10?,11?,12-,13?,15-,16?,17-,18?,19?,21+/m0/s1. The SMILES string of the molecule is COC[C@@H]1OC(COC(=O)CCS)[C@@H](O)C(CO[C@@H]2OC(C(=O)O)[C@@H](O)C(O)C2O)C1CC(C)=O. The maximum Gasteiger partial charge on any atom is 0.335 e. The van der Waals surface area contributed by atoms with Crippen molar-refractivity contribution in [1.82, 2.24) is 0 Å². The summed E-state index contributed by atoms with van der Waals surface area (Å²) in [6.07, 6.45) is -12.0. The lowest BCUT2D eigenvalue weighted by atomic mass is 9.77. The van der Waals surface area contributed by atoms with Crippen LogP contribution < -0.4 is 0 Å². The van der Waals surface area contributed by atoms with Gasteiger partial charge < -0.3 is 54.0 Å². The Kier molecular flexibility index (Phi) is 11.8. The average molecular weight is 527 g/mol. The molecule has 0 aromatic rings. The third-order valence-corrected chi connectivity index (χ3v) is 6.26. The Hall–Kier alpha value is -1.36. The highest BCUT2D eigenvalue weighted by atomic mass is 32.1. The van der Waals surface area contributed by atoms with E-state index in [9.17, 15) is 39.9 Å². The number of hydrogen-bond donors (Lipinski definition) is 6. The molecule has 14 heteroatoms. The van der Waals surface area contributed by atoms with Gasteiger partial charge in [0.15, 0.2) is 12.4 Å². The number of carboxylic acids is 1. The molecule has 2 aliphatic heterocycles. The molecule has 0 radical (unpaired) electrons. The number of carbonyl (C=O) groups excluding carboxylic acids is 2. The maximum absolute atomic E-state index is 12.0. The summed E-state index contributed by atoms with van der Waals surface area (Å²) in [7, 11) is 1.43. The Morgan fingerprint density at radius 3 is 2.14 bits per heavy atom. The first-order chi connectivity index (χ1) is 16.5. The zero-order chi connectivity index (χ0) is 26.3. The molecule has 5 N–H and O–H groups in total. The van der Waals surface area contributed by atoms with Gasteiger partial charge in [0, 0.05) is 31.1 Å². The van der Waals surface area contributed by atoms with Crippen LogP contribution in [0.3, 0.4) is 0 Å². The first-order valence-corrected chi connectivity index (χ1v) is 11.8. The van der Waals surface area contributed by atoms with Gasteiger partial charge in [0.25, 0.3) is 0 Å². The molecule has 2 saturated heterocycles. The van der Waals surface area contributed by atoms with Crippen LogP contribution >= 0.6 is 12.6 Å². The van der Waals surface area contributed by atoms with Gasteiger partial charge in [0.05, 0.1) is 31.8 Å². The zero-order valence-corrected chi connectivity index (χ0v) is 20.4. The fraction of sp³-hybridized carbons (Fsp3) is 0.857. The van der Waals surface area contributed by atoms with Crippen LogP contribution in [0.15, 0.2) is 0 Å². The summed E-state index contributed by atoms with van der Waals surface area (Å²) in [4.78, 5) is 35.1. The second kappa shape index (κ2) is 13.8. The normalized spacial score (nSPS) is 37.6. The van der Waals surface area contributed by atoms with E-state index in [4.69, 9.17) is 23.7 Å². The number of aliphatic hydroxyl groups excluding tert-OH is 4. The molecular weight excluding hydrogens is 492 g/mol. The molecule has 0 aromatic heterocycles. The lowest BCUT2D eigenvalue weighted by molar-refractivity contribution is -0.303. The summed E-state index contributed by atoms with van der Waals surface area (Å²) in [5, 5.41) is 50.3. The van der Waals surface area contributed by atoms with Crippen molar-refractivity contribution in [2.24, 2.45) is 11.8 Å². The predicted molar refractivity (Wildman–Crippen MR) is 119 cm³/mol. The third-order valence-electron chi connectivity index (χ3n) is 6.04. The Balaban J connectivity index is 2.21. The highest BCUT2D eigenvalue weighted by molar-refractivity contribution is 7.80. The third kappa shape index (κ3) is 7.81. The average Bonchev–Trinajstić information content (AvgIpc) is 2.79. The number of Topliss-reactive ketones (excluding diaryl/α,β-unsaturated/α-hetero) is 1. The second-order valence-electron chi connectivity index (χ2n) is 8.62. The molecule has 2 fully saturated rings. The number of aliphatic carboxylic acids is 1. The van der Waals surface area contributed by atoms with Crippen LogP contribution in [0.4, 0.5) is 0 Å². The Morgan fingerprint density at radius 2 is 1.57 bits per heavy atom. The van der Waals surface area contributed by atoms with Crippen molar-refractivity contribution in [3.05, 3.63) is 0 Å². The number of methoxy groups -OCH3 is 1. The van der Waals surface area contributed by atoms with E-state index in [0.29, 0.717) is 0 Å². The van der Waals surface area contributed by atoms with Crippen LogP contribution in [-0.4, -0.2) is 125 Å². The topological polar surface area (TPSA) is 199 Å². The molecule has 0 amide bonds. The van der Waals surface area contributed by atoms with E-state index in [1.54, 1.807) is 0 Å². The first kappa shape index (κ1) is 29.9. The van der Waals surface area contributed by atoms with E-state index >= 15 is 0 Å². The van der Waals surface area contributed by atoms with Gasteiger partial charge in [-0.25, -0.2) is 4.79 Å². The predicted octanol–water partition coefficient (Wildman–Crippen LogP) is -2.26. The molecule has 0 bridgehead atoms. The lowest BCUT2D eigenvalue weighted by Gasteiger charge is -2.45. The summed E-state index contributed by atoms with van der Waals surface area (Å²) in [5.41, 5.74) is 0. The second-order valence-corrected chi connectivity index (χ2v) is 9.07. The van der Waals surface area contributed by atoms with Crippen LogP contribution in [0, 0.1) is 11.8 Å². The van der Waals surface area contributed by atoms with E-state index < -0.39 is 72.8 Å². The largest absolute Gasteiger partial charge is 0.479 e. The summed E-state index contributed by atoms with van der Waals surface area (Å²) in [6, 6.07) is 0. The van der Waals surface area contributed by atoms with Crippen LogP contribution in [0.1, 0.15) is 19.8 Å². The summed E-state index contributed by atoms with van der Waals surface area (Å²) in [6.45, 7) is 0.784.